The second kappa shape index (κ2) is 6.72. The molecule has 0 aromatic rings. The Labute approximate surface area is 112 Å². The number of hydrogen-bond donors (Lipinski definition) is 1. The van der Waals surface area contributed by atoms with E-state index in [1.807, 2.05) is 0 Å². The molecule has 3 amide bonds. The Hall–Kier alpha value is -1.34. The minimum Gasteiger partial charge on any atom is -0.378 e. The number of amides is 3. The SMILES string of the molecule is C[C@H](NC(=O)N1CCOCC1)C(=O)N1CCOCC1. The number of carbonyl (C=O) groups is 2. The van der Waals surface area contributed by atoms with Gasteiger partial charge in [-0.15, -0.1) is 0 Å². The maximum Gasteiger partial charge on any atom is 0.318 e. The van der Waals surface area contributed by atoms with E-state index >= 15 is 0 Å². The van der Waals surface area contributed by atoms with E-state index < -0.39 is 6.04 Å². The second-order valence-corrected chi connectivity index (χ2v) is 4.71. The first-order chi connectivity index (χ1) is 9.18. The summed E-state index contributed by atoms with van der Waals surface area (Å²) < 4.78 is 10.4. The van der Waals surface area contributed by atoms with Crippen LogP contribution < -0.4 is 5.32 Å². The van der Waals surface area contributed by atoms with Gasteiger partial charge in [-0.2, -0.15) is 0 Å². The molecule has 0 spiro atoms. The number of nitrogens with zero attached hydrogens (tertiary/aromatic N) is 2. The predicted molar refractivity (Wildman–Crippen MR) is 67.8 cm³/mol. The summed E-state index contributed by atoms with van der Waals surface area (Å²) in [4.78, 5) is 27.5. The average molecular weight is 271 g/mol. The number of hydrogen-bond acceptors (Lipinski definition) is 4. The van der Waals surface area contributed by atoms with Crippen LogP contribution in [0.3, 0.4) is 0 Å². The lowest BCUT2D eigenvalue weighted by molar-refractivity contribution is -0.136. The molecule has 2 rings (SSSR count). The summed E-state index contributed by atoms with van der Waals surface area (Å²) in [7, 11) is 0. The third-order valence-corrected chi connectivity index (χ3v) is 3.33. The molecule has 0 unspecified atom stereocenters. The Balaban J connectivity index is 1.80. The maximum absolute atomic E-state index is 12.1. The van der Waals surface area contributed by atoms with Crippen LogP contribution in [0.15, 0.2) is 0 Å². The molecule has 2 saturated heterocycles. The van der Waals surface area contributed by atoms with E-state index in [1.165, 1.54) is 0 Å². The number of ether oxygens (including phenoxy) is 2. The summed E-state index contributed by atoms with van der Waals surface area (Å²) in [6.45, 7) is 6.29. The number of rotatable bonds is 2. The van der Waals surface area contributed by atoms with Gasteiger partial charge in [0.05, 0.1) is 26.4 Å². The minimum atomic E-state index is -0.506. The fourth-order valence-electron chi connectivity index (χ4n) is 2.16. The van der Waals surface area contributed by atoms with Crippen molar-refractivity contribution in [2.24, 2.45) is 0 Å². The fraction of sp³-hybridized carbons (Fsp3) is 0.833. The molecule has 7 heteroatoms. The van der Waals surface area contributed by atoms with Gasteiger partial charge in [-0.25, -0.2) is 4.79 Å². The molecule has 2 fully saturated rings. The van der Waals surface area contributed by atoms with Gasteiger partial charge in [0.15, 0.2) is 0 Å². The second-order valence-electron chi connectivity index (χ2n) is 4.71. The predicted octanol–water partition coefficient (Wildman–Crippen LogP) is -0.724. The van der Waals surface area contributed by atoms with Gasteiger partial charge in [-0.1, -0.05) is 0 Å². The molecule has 7 nitrogen and oxygen atoms in total. The van der Waals surface area contributed by atoms with Crippen LogP contribution >= 0.6 is 0 Å². The molecule has 1 atom stereocenters. The summed E-state index contributed by atoms with van der Waals surface area (Å²) in [6, 6.07) is -0.703. The Bertz CT molecular complexity index is 325. The van der Waals surface area contributed by atoms with Crippen LogP contribution in [0.5, 0.6) is 0 Å². The zero-order chi connectivity index (χ0) is 13.7. The van der Waals surface area contributed by atoms with Crippen molar-refractivity contribution in [1.82, 2.24) is 15.1 Å². The van der Waals surface area contributed by atoms with Crippen LogP contribution in [0.4, 0.5) is 4.79 Å². The van der Waals surface area contributed by atoms with Crippen LogP contribution in [0.25, 0.3) is 0 Å². The summed E-state index contributed by atoms with van der Waals surface area (Å²) in [5.74, 6) is -0.0510. The molecule has 0 aliphatic carbocycles. The lowest BCUT2D eigenvalue weighted by Crippen LogP contribution is -2.54. The van der Waals surface area contributed by atoms with Gasteiger partial charge in [-0.05, 0) is 6.92 Å². The molecule has 0 bridgehead atoms. The average Bonchev–Trinajstić information content (AvgIpc) is 2.48. The van der Waals surface area contributed by atoms with Crippen molar-refractivity contribution in [3.8, 4) is 0 Å². The van der Waals surface area contributed by atoms with Gasteiger partial charge < -0.3 is 24.6 Å². The lowest BCUT2D eigenvalue weighted by atomic mass is 10.2. The highest BCUT2D eigenvalue weighted by Crippen LogP contribution is 2.02. The van der Waals surface area contributed by atoms with Crippen LogP contribution in [0.2, 0.25) is 0 Å². The van der Waals surface area contributed by atoms with Gasteiger partial charge in [0.25, 0.3) is 0 Å². The summed E-state index contributed by atoms with van der Waals surface area (Å²) >= 11 is 0. The topological polar surface area (TPSA) is 71.1 Å². The van der Waals surface area contributed by atoms with Crippen molar-refractivity contribution in [3.05, 3.63) is 0 Å². The molecule has 108 valence electrons. The van der Waals surface area contributed by atoms with Crippen LogP contribution in [-0.4, -0.2) is 80.4 Å². The quantitative estimate of drug-likeness (QED) is 0.719. The van der Waals surface area contributed by atoms with Gasteiger partial charge in [-0.3, -0.25) is 4.79 Å². The molecule has 2 heterocycles. The lowest BCUT2D eigenvalue weighted by Gasteiger charge is -2.31. The van der Waals surface area contributed by atoms with Crippen molar-refractivity contribution in [2.75, 3.05) is 52.6 Å². The Morgan fingerprint density at radius 3 is 1.95 bits per heavy atom. The Morgan fingerprint density at radius 2 is 1.42 bits per heavy atom. The van der Waals surface area contributed by atoms with E-state index in [4.69, 9.17) is 9.47 Å². The highest BCUT2D eigenvalue weighted by molar-refractivity contribution is 5.86. The van der Waals surface area contributed by atoms with E-state index in [1.54, 1.807) is 16.7 Å². The molecule has 2 aliphatic heterocycles. The van der Waals surface area contributed by atoms with Crippen LogP contribution in [0, 0.1) is 0 Å². The first-order valence-corrected chi connectivity index (χ1v) is 6.68. The van der Waals surface area contributed by atoms with E-state index in [0.717, 1.165) is 0 Å². The molecule has 0 radical (unpaired) electrons. The fourth-order valence-corrected chi connectivity index (χ4v) is 2.16. The van der Waals surface area contributed by atoms with Crippen molar-refractivity contribution in [1.29, 1.82) is 0 Å². The zero-order valence-corrected chi connectivity index (χ0v) is 11.3. The van der Waals surface area contributed by atoms with Gasteiger partial charge >= 0.3 is 6.03 Å². The van der Waals surface area contributed by atoms with Crippen molar-refractivity contribution < 1.29 is 19.1 Å². The van der Waals surface area contributed by atoms with E-state index in [2.05, 4.69) is 5.32 Å². The molecule has 0 aromatic heterocycles. The number of nitrogens with one attached hydrogen (secondary N) is 1. The largest absolute Gasteiger partial charge is 0.378 e. The number of urea groups is 1. The number of morpholine rings is 2. The molecule has 19 heavy (non-hydrogen) atoms. The molecule has 0 aromatic carbocycles. The van der Waals surface area contributed by atoms with Crippen molar-refractivity contribution in [3.63, 3.8) is 0 Å². The van der Waals surface area contributed by atoms with Crippen molar-refractivity contribution in [2.45, 2.75) is 13.0 Å². The van der Waals surface area contributed by atoms with Crippen LogP contribution in [0.1, 0.15) is 6.92 Å². The molecule has 0 saturated carbocycles. The Kier molecular flexibility index (Phi) is 4.98. The Morgan fingerprint density at radius 1 is 0.947 bits per heavy atom. The molecule has 1 N–H and O–H groups in total. The monoisotopic (exact) mass is 271 g/mol. The smallest absolute Gasteiger partial charge is 0.318 e. The van der Waals surface area contributed by atoms with Gasteiger partial charge in [0.2, 0.25) is 5.91 Å². The molecule has 2 aliphatic rings. The summed E-state index contributed by atoms with van der Waals surface area (Å²) in [5.41, 5.74) is 0. The first-order valence-electron chi connectivity index (χ1n) is 6.68. The summed E-state index contributed by atoms with van der Waals surface area (Å²) in [5, 5.41) is 2.75. The normalized spacial score (nSPS) is 21.9. The van der Waals surface area contributed by atoms with E-state index in [-0.39, 0.29) is 11.9 Å². The highest BCUT2D eigenvalue weighted by Gasteiger charge is 2.25. The van der Waals surface area contributed by atoms with Crippen LogP contribution in [-0.2, 0) is 14.3 Å². The number of carbonyl (C=O) groups excluding carboxylic acids is 2. The highest BCUT2D eigenvalue weighted by atomic mass is 16.5. The van der Waals surface area contributed by atoms with Crippen molar-refractivity contribution >= 4 is 11.9 Å². The third-order valence-electron chi connectivity index (χ3n) is 3.33. The molecular weight excluding hydrogens is 250 g/mol. The standard InChI is InChI=1S/C12H21N3O4/c1-10(11(16)14-2-6-18-7-3-14)13-12(17)15-4-8-19-9-5-15/h10H,2-9H2,1H3,(H,13,17)/t10-/m0/s1. The minimum absolute atomic E-state index is 0.0510. The zero-order valence-electron chi connectivity index (χ0n) is 11.3. The third kappa shape index (κ3) is 3.81. The summed E-state index contributed by atoms with van der Waals surface area (Å²) in [6.07, 6.45) is 0. The molecular formula is C12H21N3O4. The van der Waals surface area contributed by atoms with Gasteiger partial charge in [0.1, 0.15) is 6.04 Å². The van der Waals surface area contributed by atoms with E-state index in [9.17, 15) is 9.59 Å². The van der Waals surface area contributed by atoms with E-state index in [0.29, 0.717) is 52.6 Å². The maximum atomic E-state index is 12.1. The van der Waals surface area contributed by atoms with Gasteiger partial charge in [0, 0.05) is 26.2 Å². The first kappa shape index (κ1) is 14.1.